The Morgan fingerprint density at radius 2 is 1.51 bits per heavy atom. The number of rotatable bonds is 7. The van der Waals surface area contributed by atoms with E-state index >= 15 is 0 Å². The summed E-state index contributed by atoms with van der Waals surface area (Å²) in [4.78, 5) is 26.5. The van der Waals surface area contributed by atoms with Crippen molar-refractivity contribution in [3.05, 3.63) is 46.6 Å². The molecule has 0 aromatic heterocycles. The summed E-state index contributed by atoms with van der Waals surface area (Å²) >= 11 is 0. The third kappa shape index (κ3) is 5.22. The Kier molecular flexibility index (Phi) is 8.87. The Morgan fingerprint density at radius 1 is 0.907 bits per heavy atom. The van der Waals surface area contributed by atoms with Crippen molar-refractivity contribution in [1.82, 2.24) is 0 Å². The van der Waals surface area contributed by atoms with E-state index in [9.17, 15) is 19.8 Å². The van der Waals surface area contributed by atoms with Crippen LogP contribution in [0.1, 0.15) is 64.9 Å². The predicted molar refractivity (Wildman–Crippen MR) is 156 cm³/mol. The van der Waals surface area contributed by atoms with E-state index in [1.165, 1.54) is 34.3 Å². The zero-order chi connectivity index (χ0) is 31.8. The van der Waals surface area contributed by atoms with E-state index in [0.717, 1.165) is 0 Å². The van der Waals surface area contributed by atoms with Gasteiger partial charge in [-0.2, -0.15) is 0 Å². The predicted octanol–water partition coefficient (Wildman–Crippen LogP) is 5.32. The number of benzene rings is 2. The smallest absolute Gasteiger partial charge is 0.334 e. The van der Waals surface area contributed by atoms with Crippen molar-refractivity contribution in [3.8, 4) is 45.6 Å². The van der Waals surface area contributed by atoms with Gasteiger partial charge in [0.2, 0.25) is 18.3 Å². The van der Waals surface area contributed by atoms with Crippen molar-refractivity contribution in [2.24, 2.45) is 5.92 Å². The minimum absolute atomic E-state index is 0.0202. The van der Waals surface area contributed by atoms with Gasteiger partial charge in [-0.25, -0.2) is 9.59 Å². The fourth-order valence-corrected chi connectivity index (χ4v) is 5.29. The van der Waals surface area contributed by atoms with Crippen molar-refractivity contribution in [2.45, 2.75) is 59.4 Å². The number of allylic oxidation sites excluding steroid dienone is 2. The Hall–Kier alpha value is -4.38. The van der Waals surface area contributed by atoms with E-state index in [2.05, 4.69) is 0 Å². The van der Waals surface area contributed by atoms with Crippen LogP contribution in [0.2, 0.25) is 0 Å². The molecule has 4 rings (SSSR count). The quantitative estimate of drug-likeness (QED) is 0.316. The molecule has 0 bridgehead atoms. The number of aliphatic hydroxyl groups is 1. The second kappa shape index (κ2) is 12.1. The van der Waals surface area contributed by atoms with Gasteiger partial charge in [-0.15, -0.1) is 0 Å². The number of esters is 2. The molecule has 2 aromatic rings. The lowest BCUT2D eigenvalue weighted by molar-refractivity contribution is -0.181. The monoisotopic (exact) mass is 598 g/mol. The summed E-state index contributed by atoms with van der Waals surface area (Å²) in [5.41, 5.74) is -0.353. The first-order valence-electron chi connectivity index (χ1n) is 13.8. The second-order valence-electron chi connectivity index (χ2n) is 10.6. The highest BCUT2D eigenvalue weighted by Gasteiger charge is 2.51. The highest BCUT2D eigenvalue weighted by molar-refractivity contribution is 5.92. The van der Waals surface area contributed by atoms with E-state index in [1.54, 1.807) is 52.8 Å². The minimum Gasteiger partial charge on any atom is -0.504 e. The SMILES string of the molecule is CC=C(C)C(=O)OC1c2cc(OC)c(OC)c(O)c2-c2c(cc3c(c2OC)OCO3)[C@H](OC(=O)C(C)=CC)[C@H](C)[C@]1(C)O. The van der Waals surface area contributed by atoms with Gasteiger partial charge in [0.05, 0.1) is 21.3 Å². The third-order valence-electron chi connectivity index (χ3n) is 8.24. The van der Waals surface area contributed by atoms with Crippen molar-refractivity contribution in [2.75, 3.05) is 28.1 Å². The number of hydrogen-bond donors (Lipinski definition) is 2. The molecule has 1 aliphatic carbocycles. The summed E-state index contributed by atoms with van der Waals surface area (Å²) in [6, 6.07) is 3.16. The number of fused-ring (bicyclic) bond motifs is 4. The van der Waals surface area contributed by atoms with Crippen LogP contribution in [-0.4, -0.2) is 55.9 Å². The maximum absolute atomic E-state index is 13.2. The normalized spacial score (nSPS) is 22.9. The molecule has 232 valence electrons. The average molecular weight is 599 g/mol. The first kappa shape index (κ1) is 31.6. The largest absolute Gasteiger partial charge is 0.504 e. The van der Waals surface area contributed by atoms with Crippen LogP contribution in [0, 0.1) is 5.92 Å². The fraction of sp³-hybridized carbons (Fsp3) is 0.438. The number of carbonyl (C=O) groups excluding carboxylic acids is 2. The molecule has 1 unspecified atom stereocenters. The van der Waals surface area contributed by atoms with Gasteiger partial charge in [-0.05, 0) is 46.8 Å². The van der Waals surface area contributed by atoms with Gasteiger partial charge in [0, 0.05) is 39.3 Å². The maximum Gasteiger partial charge on any atom is 0.334 e. The van der Waals surface area contributed by atoms with Crippen molar-refractivity contribution in [3.63, 3.8) is 0 Å². The Bertz CT molecular complexity index is 1500. The topological polar surface area (TPSA) is 139 Å². The van der Waals surface area contributed by atoms with E-state index in [-0.39, 0.29) is 52.2 Å². The summed E-state index contributed by atoms with van der Waals surface area (Å²) in [5, 5.41) is 24.2. The number of methoxy groups -OCH3 is 3. The van der Waals surface area contributed by atoms with Crippen LogP contribution in [-0.2, 0) is 19.1 Å². The third-order valence-corrected chi connectivity index (χ3v) is 8.24. The Balaban J connectivity index is 2.21. The van der Waals surface area contributed by atoms with Gasteiger partial charge in [0.15, 0.2) is 29.1 Å². The van der Waals surface area contributed by atoms with Crippen LogP contribution in [0.15, 0.2) is 35.4 Å². The van der Waals surface area contributed by atoms with Crippen LogP contribution in [0.4, 0.5) is 0 Å². The van der Waals surface area contributed by atoms with Crippen LogP contribution >= 0.6 is 0 Å². The average Bonchev–Trinajstić information content (AvgIpc) is 3.47. The molecule has 2 aliphatic rings. The lowest BCUT2D eigenvalue weighted by Crippen LogP contribution is -2.46. The molecular formula is C32H38O11. The summed E-state index contributed by atoms with van der Waals surface area (Å²) in [7, 11) is 4.18. The molecule has 11 nitrogen and oxygen atoms in total. The number of ether oxygens (including phenoxy) is 7. The molecule has 43 heavy (non-hydrogen) atoms. The number of phenolic OH excluding ortho intramolecular Hbond substituents is 1. The zero-order valence-corrected chi connectivity index (χ0v) is 25.8. The number of phenols is 1. The number of hydrogen-bond acceptors (Lipinski definition) is 11. The van der Waals surface area contributed by atoms with E-state index in [1.807, 2.05) is 0 Å². The standard InChI is InChI=1S/C32H38O11/c1-10-15(3)30(34)42-25-17(5)32(6,36)29(43-31(35)16(4)11-2)19-13-20(37-7)26(38-8)24(33)22(19)23-18(25)12-21-27(28(23)39-9)41-14-40-21/h10-13,17,25,29,33,36H,14H2,1-9H3/t17-,25+,29?,32-/m0/s1. The summed E-state index contributed by atoms with van der Waals surface area (Å²) in [6.07, 6.45) is 0.635. The molecular weight excluding hydrogens is 560 g/mol. The van der Waals surface area contributed by atoms with Crippen molar-refractivity contribution < 1.29 is 53.0 Å². The molecule has 0 radical (unpaired) electrons. The van der Waals surface area contributed by atoms with E-state index < -0.39 is 35.7 Å². The molecule has 0 spiro atoms. The van der Waals surface area contributed by atoms with Gasteiger partial charge in [-0.1, -0.05) is 19.1 Å². The summed E-state index contributed by atoms with van der Waals surface area (Å²) < 4.78 is 40.5. The first-order valence-corrected chi connectivity index (χ1v) is 13.8. The highest BCUT2D eigenvalue weighted by atomic mass is 16.7. The van der Waals surface area contributed by atoms with Crippen molar-refractivity contribution in [1.29, 1.82) is 0 Å². The van der Waals surface area contributed by atoms with Crippen LogP contribution in [0.5, 0.6) is 34.5 Å². The molecule has 0 saturated heterocycles. The molecule has 1 heterocycles. The Morgan fingerprint density at radius 3 is 2.07 bits per heavy atom. The molecule has 2 aromatic carbocycles. The van der Waals surface area contributed by atoms with Gasteiger partial charge in [0.25, 0.3) is 0 Å². The minimum atomic E-state index is -1.89. The van der Waals surface area contributed by atoms with Gasteiger partial charge in [0.1, 0.15) is 11.7 Å². The highest BCUT2D eigenvalue weighted by Crippen LogP contribution is 2.61. The molecule has 0 fully saturated rings. The molecule has 11 heteroatoms. The van der Waals surface area contributed by atoms with Gasteiger partial charge < -0.3 is 43.4 Å². The number of aromatic hydroxyl groups is 1. The lowest BCUT2D eigenvalue weighted by Gasteiger charge is -2.43. The van der Waals surface area contributed by atoms with Crippen LogP contribution in [0.25, 0.3) is 11.1 Å². The first-order chi connectivity index (χ1) is 20.4. The molecule has 4 atom stereocenters. The molecule has 2 N–H and O–H groups in total. The Labute approximate surface area is 250 Å². The lowest BCUT2D eigenvalue weighted by atomic mass is 9.71. The fourth-order valence-electron chi connectivity index (χ4n) is 5.29. The molecule has 1 aliphatic heterocycles. The summed E-state index contributed by atoms with van der Waals surface area (Å²) in [6.45, 7) is 9.65. The van der Waals surface area contributed by atoms with Crippen LogP contribution < -0.4 is 23.7 Å². The number of carbonyl (C=O) groups is 2. The molecule has 0 amide bonds. The maximum atomic E-state index is 13.2. The van der Waals surface area contributed by atoms with E-state index in [0.29, 0.717) is 22.5 Å². The van der Waals surface area contributed by atoms with E-state index in [4.69, 9.17) is 33.2 Å². The zero-order valence-electron chi connectivity index (χ0n) is 25.8. The van der Waals surface area contributed by atoms with Gasteiger partial charge in [-0.3, -0.25) is 0 Å². The van der Waals surface area contributed by atoms with Crippen LogP contribution in [0.3, 0.4) is 0 Å². The van der Waals surface area contributed by atoms with Crippen molar-refractivity contribution >= 4 is 11.9 Å². The second-order valence-corrected chi connectivity index (χ2v) is 10.6. The molecule has 0 saturated carbocycles. The summed E-state index contributed by atoms with van der Waals surface area (Å²) in [5.74, 6) is -1.77. The van der Waals surface area contributed by atoms with Gasteiger partial charge >= 0.3 is 11.9 Å².